The number of rotatable bonds is 4. The molecule has 2 aliphatic rings. The maximum absolute atomic E-state index is 13.7. The van der Waals surface area contributed by atoms with E-state index in [0.29, 0.717) is 0 Å². The molecule has 0 aliphatic heterocycles. The molecule has 0 saturated heterocycles. The fourth-order valence-corrected chi connectivity index (χ4v) is 4.11. The standard InChI is InChI=1S/C20H18ClFO2S/c1-12-17(9-13-3-6-15(7-4-13)25(2)24)16-8-5-14(22)10-19(16)18(12)11-20(21)23/h3-10,12,16H,11H2,1-2H3. The molecule has 2 aliphatic carbocycles. The van der Waals surface area contributed by atoms with Crippen LogP contribution in [0, 0.1) is 11.8 Å². The highest BCUT2D eigenvalue weighted by Gasteiger charge is 2.35. The molecular formula is C20H18ClFO2S. The van der Waals surface area contributed by atoms with Crippen LogP contribution >= 0.6 is 11.6 Å². The van der Waals surface area contributed by atoms with Crippen molar-refractivity contribution < 1.29 is 13.7 Å². The molecule has 0 heterocycles. The van der Waals surface area contributed by atoms with Crippen LogP contribution in [0.3, 0.4) is 0 Å². The van der Waals surface area contributed by atoms with Crippen LogP contribution in [0.1, 0.15) is 18.9 Å². The largest absolute Gasteiger partial charge is 0.612 e. The summed E-state index contributed by atoms with van der Waals surface area (Å²) in [7, 11) is 0. The molecule has 0 bridgehead atoms. The molecule has 0 amide bonds. The monoisotopic (exact) mass is 376 g/mol. The van der Waals surface area contributed by atoms with Gasteiger partial charge in [-0.3, -0.25) is 4.79 Å². The van der Waals surface area contributed by atoms with Crippen LogP contribution in [0.15, 0.2) is 69.9 Å². The van der Waals surface area contributed by atoms with E-state index in [0.717, 1.165) is 27.2 Å². The van der Waals surface area contributed by atoms with Crippen molar-refractivity contribution in [2.45, 2.75) is 18.2 Å². The molecule has 25 heavy (non-hydrogen) atoms. The predicted molar refractivity (Wildman–Crippen MR) is 100 cm³/mol. The van der Waals surface area contributed by atoms with Gasteiger partial charge in [0.25, 0.3) is 0 Å². The lowest BCUT2D eigenvalue weighted by Crippen LogP contribution is -2.04. The first kappa shape index (κ1) is 18.2. The molecule has 0 aromatic heterocycles. The molecule has 1 aromatic rings. The summed E-state index contributed by atoms with van der Waals surface area (Å²) < 4.78 is 25.2. The molecule has 1 aromatic carbocycles. The van der Waals surface area contributed by atoms with Crippen molar-refractivity contribution in [1.29, 1.82) is 0 Å². The molecule has 2 nitrogen and oxygen atoms in total. The third kappa shape index (κ3) is 3.81. The molecule has 3 unspecified atom stereocenters. The van der Waals surface area contributed by atoms with Crippen molar-refractivity contribution in [3.63, 3.8) is 0 Å². The third-order valence-corrected chi connectivity index (χ3v) is 5.77. The third-order valence-electron chi connectivity index (χ3n) is 4.70. The van der Waals surface area contributed by atoms with Crippen molar-refractivity contribution in [1.82, 2.24) is 0 Å². The zero-order valence-corrected chi connectivity index (χ0v) is 15.5. The van der Waals surface area contributed by atoms with E-state index in [1.165, 1.54) is 12.2 Å². The van der Waals surface area contributed by atoms with Crippen molar-refractivity contribution in [2.24, 2.45) is 11.8 Å². The topological polar surface area (TPSA) is 40.1 Å². The Morgan fingerprint density at radius 3 is 2.64 bits per heavy atom. The van der Waals surface area contributed by atoms with E-state index in [4.69, 9.17) is 11.6 Å². The summed E-state index contributed by atoms with van der Waals surface area (Å²) in [6.45, 7) is 2.02. The Balaban J connectivity index is 1.98. The second-order valence-electron chi connectivity index (χ2n) is 6.27. The van der Waals surface area contributed by atoms with Crippen molar-refractivity contribution in [2.75, 3.05) is 6.26 Å². The number of carbonyl (C=O) groups is 1. The number of hydrogen-bond donors (Lipinski definition) is 0. The minimum atomic E-state index is -1.01. The first-order valence-electron chi connectivity index (χ1n) is 7.98. The highest BCUT2D eigenvalue weighted by Crippen LogP contribution is 2.47. The fourth-order valence-electron chi connectivity index (χ4n) is 3.45. The number of fused-ring (bicyclic) bond motifs is 1. The smallest absolute Gasteiger partial charge is 0.225 e. The van der Waals surface area contributed by atoms with Crippen molar-refractivity contribution >= 4 is 34.1 Å². The molecule has 3 rings (SSSR count). The lowest BCUT2D eigenvalue weighted by atomic mass is 9.89. The van der Waals surface area contributed by atoms with Crippen LogP contribution in [-0.4, -0.2) is 16.1 Å². The van der Waals surface area contributed by atoms with Crippen LogP contribution in [0.5, 0.6) is 0 Å². The van der Waals surface area contributed by atoms with Crippen LogP contribution in [0.2, 0.25) is 0 Å². The molecule has 0 spiro atoms. The summed E-state index contributed by atoms with van der Waals surface area (Å²) in [4.78, 5) is 12.2. The first-order chi connectivity index (χ1) is 11.9. The van der Waals surface area contributed by atoms with E-state index in [1.807, 2.05) is 37.3 Å². The number of benzene rings is 1. The van der Waals surface area contributed by atoms with E-state index in [9.17, 15) is 13.7 Å². The van der Waals surface area contributed by atoms with Crippen molar-refractivity contribution in [3.8, 4) is 0 Å². The van der Waals surface area contributed by atoms with Gasteiger partial charge in [0.15, 0.2) is 4.90 Å². The van der Waals surface area contributed by atoms with E-state index >= 15 is 0 Å². The molecular weight excluding hydrogens is 359 g/mol. The van der Waals surface area contributed by atoms with E-state index in [-0.39, 0.29) is 24.1 Å². The average molecular weight is 377 g/mol. The number of carbonyl (C=O) groups excluding carboxylic acids is 1. The zero-order valence-electron chi connectivity index (χ0n) is 14.0. The lowest BCUT2D eigenvalue weighted by molar-refractivity contribution is -0.111. The molecule has 3 atom stereocenters. The Morgan fingerprint density at radius 1 is 1.36 bits per heavy atom. The van der Waals surface area contributed by atoms with E-state index in [2.05, 4.69) is 6.08 Å². The number of hydrogen-bond acceptors (Lipinski definition) is 2. The highest BCUT2D eigenvalue weighted by atomic mass is 35.5. The normalized spacial score (nSPS) is 25.2. The van der Waals surface area contributed by atoms with E-state index in [1.54, 1.807) is 6.26 Å². The van der Waals surface area contributed by atoms with Gasteiger partial charge in [0.1, 0.15) is 12.1 Å². The Labute approximate surface area is 154 Å². The molecule has 0 N–H and O–H groups in total. The van der Waals surface area contributed by atoms with Gasteiger partial charge >= 0.3 is 0 Å². The Kier molecular flexibility index (Phi) is 5.32. The Bertz CT molecular complexity index is 819. The minimum absolute atomic E-state index is 0.00878. The number of halogens is 2. The van der Waals surface area contributed by atoms with Gasteiger partial charge in [0.2, 0.25) is 5.24 Å². The maximum Gasteiger partial charge on any atom is 0.225 e. The van der Waals surface area contributed by atoms with Gasteiger partial charge in [-0.1, -0.05) is 30.2 Å². The number of allylic oxidation sites excluding steroid dienone is 7. The second-order valence-corrected chi connectivity index (χ2v) is 8.07. The summed E-state index contributed by atoms with van der Waals surface area (Å²) in [5.41, 5.74) is 3.80. The van der Waals surface area contributed by atoms with Crippen LogP contribution in [-0.2, 0) is 16.0 Å². The van der Waals surface area contributed by atoms with Gasteiger partial charge in [-0.05, 0) is 70.3 Å². The molecule has 0 radical (unpaired) electrons. The molecule has 130 valence electrons. The lowest BCUT2D eigenvalue weighted by Gasteiger charge is -2.16. The first-order valence-corrected chi connectivity index (χ1v) is 9.92. The van der Waals surface area contributed by atoms with Gasteiger partial charge in [-0.2, -0.15) is 0 Å². The SMILES string of the molecule is CC1C(=Cc2ccc([S+](C)[O-])cc2)C2C=CC(F)=CC2=C1CC(=O)Cl. The fraction of sp³-hybridized carbons (Fsp3) is 0.250. The summed E-state index contributed by atoms with van der Waals surface area (Å²) in [5, 5.41) is -0.438. The quantitative estimate of drug-likeness (QED) is 0.551. The summed E-state index contributed by atoms with van der Waals surface area (Å²) in [5.74, 6) is -0.344. The van der Waals surface area contributed by atoms with Crippen LogP contribution in [0.25, 0.3) is 6.08 Å². The average Bonchev–Trinajstić information content (AvgIpc) is 2.80. The Morgan fingerprint density at radius 2 is 2.04 bits per heavy atom. The zero-order chi connectivity index (χ0) is 18.1. The van der Waals surface area contributed by atoms with Gasteiger partial charge < -0.3 is 4.55 Å². The van der Waals surface area contributed by atoms with Gasteiger partial charge in [0, 0.05) is 18.3 Å². The molecule has 5 heteroatoms. The molecule has 0 fully saturated rings. The summed E-state index contributed by atoms with van der Waals surface area (Å²) in [6, 6.07) is 7.53. The minimum Gasteiger partial charge on any atom is -0.612 e. The highest BCUT2D eigenvalue weighted by molar-refractivity contribution is 7.90. The summed E-state index contributed by atoms with van der Waals surface area (Å²) in [6.07, 6.45) is 8.62. The van der Waals surface area contributed by atoms with Crippen LogP contribution < -0.4 is 0 Å². The Hall–Kier alpha value is -1.62. The predicted octanol–water partition coefficient (Wildman–Crippen LogP) is 4.95. The van der Waals surface area contributed by atoms with Gasteiger partial charge in [-0.25, -0.2) is 4.39 Å². The van der Waals surface area contributed by atoms with Crippen molar-refractivity contribution in [3.05, 3.63) is 70.6 Å². The van der Waals surface area contributed by atoms with E-state index < -0.39 is 16.4 Å². The van der Waals surface area contributed by atoms with Crippen LogP contribution in [0.4, 0.5) is 4.39 Å². The maximum atomic E-state index is 13.7. The summed E-state index contributed by atoms with van der Waals surface area (Å²) >= 11 is 4.58. The van der Waals surface area contributed by atoms with Gasteiger partial charge in [0.05, 0.1) is 0 Å². The molecule has 0 saturated carbocycles. The second kappa shape index (κ2) is 7.32. The van der Waals surface area contributed by atoms with Gasteiger partial charge in [-0.15, -0.1) is 0 Å².